The zero-order chi connectivity index (χ0) is 34.9. The number of nitrogens with zero attached hydrogens (tertiary/aromatic N) is 2. The van der Waals surface area contributed by atoms with Crippen molar-refractivity contribution in [1.82, 2.24) is 0 Å². The van der Waals surface area contributed by atoms with Crippen LogP contribution in [0, 0.1) is 0 Å². The normalized spacial score (nSPS) is 19.7. The number of rotatable bonds is 10. The van der Waals surface area contributed by atoms with Crippen molar-refractivity contribution in [2.45, 2.75) is 70.6 Å². The molecule has 0 spiro atoms. The number of anilines is 2. The van der Waals surface area contributed by atoms with Crippen molar-refractivity contribution in [3.05, 3.63) is 132 Å². The Bertz CT molecular complexity index is 1960. The van der Waals surface area contributed by atoms with E-state index in [0.29, 0.717) is 0 Å². The van der Waals surface area contributed by atoms with Crippen molar-refractivity contribution in [3.63, 3.8) is 0 Å². The number of benzene rings is 3. The van der Waals surface area contributed by atoms with Gasteiger partial charge in [-0.05, 0) is 0 Å². The number of allylic oxidation sites excluding steroid dienone is 11. The zero-order valence-corrected chi connectivity index (χ0v) is 39.2. The summed E-state index contributed by atoms with van der Waals surface area (Å²) in [7, 11) is 8.44. The van der Waals surface area contributed by atoms with Gasteiger partial charge in [-0.25, -0.2) is 0 Å². The van der Waals surface area contributed by atoms with E-state index in [1.807, 2.05) is 11.8 Å². The van der Waals surface area contributed by atoms with Gasteiger partial charge in [0.25, 0.3) is 0 Å². The molecule has 1 heterocycles. The quantitative estimate of drug-likeness (QED) is 0.123. The van der Waals surface area contributed by atoms with Gasteiger partial charge in [0.15, 0.2) is 0 Å². The monoisotopic (exact) mass is 1080 g/mol. The van der Waals surface area contributed by atoms with E-state index in [2.05, 4.69) is 129 Å². The number of thiol groups is 1. The molecule has 7 rings (SSSR count). The molecule has 2 nitrogen and oxygen atoms in total. The molecule has 0 aromatic heterocycles. The van der Waals surface area contributed by atoms with Gasteiger partial charge >= 0.3 is 345 Å². The van der Waals surface area contributed by atoms with Crippen LogP contribution in [0.5, 0.6) is 0 Å². The Balaban J connectivity index is 1.34. The van der Waals surface area contributed by atoms with Gasteiger partial charge in [0.05, 0.1) is 0 Å². The summed E-state index contributed by atoms with van der Waals surface area (Å²) in [5.74, 6) is 1.49. The molecule has 0 saturated heterocycles. The van der Waals surface area contributed by atoms with Crippen LogP contribution in [0.1, 0.15) is 84.6 Å². The average Bonchev–Trinajstić information content (AvgIpc) is 4.02. The Labute approximate surface area is 341 Å². The first-order valence-electron chi connectivity index (χ1n) is 17.9. The van der Waals surface area contributed by atoms with Gasteiger partial charge in [-0.3, -0.25) is 0 Å². The van der Waals surface area contributed by atoms with Gasteiger partial charge in [0, 0.05) is 0 Å². The third-order valence-corrected chi connectivity index (χ3v) is 14.1. The van der Waals surface area contributed by atoms with Crippen LogP contribution in [0.3, 0.4) is 0 Å². The topological polar surface area (TPSA) is 6.48 Å². The molecule has 2 saturated carbocycles. The van der Waals surface area contributed by atoms with Gasteiger partial charge in [-0.1, -0.05) is 0 Å². The maximum atomic E-state index is 4.97. The maximum absolute atomic E-state index is 4.97. The second kappa shape index (κ2) is 16.1. The molecule has 252 valence electrons. The second-order valence-electron chi connectivity index (χ2n) is 14.5. The van der Waals surface area contributed by atoms with E-state index in [1.54, 1.807) is 11.1 Å². The van der Waals surface area contributed by atoms with Crippen molar-refractivity contribution >= 4 is 104 Å². The Morgan fingerprint density at radius 2 is 1.54 bits per heavy atom. The molecular formula is C44H46N2Pb2S2. The predicted octanol–water partition coefficient (Wildman–Crippen LogP) is 11.2. The summed E-state index contributed by atoms with van der Waals surface area (Å²) in [6, 6.07) is 21.3. The van der Waals surface area contributed by atoms with Crippen LogP contribution in [0.25, 0.3) is 16.7 Å². The Kier molecular flexibility index (Phi) is 11.8. The van der Waals surface area contributed by atoms with E-state index in [9.17, 15) is 0 Å². The first kappa shape index (κ1) is 36.6. The van der Waals surface area contributed by atoms with Crippen molar-refractivity contribution in [2.24, 2.45) is 0 Å². The van der Waals surface area contributed by atoms with Crippen LogP contribution in [-0.4, -0.2) is 79.7 Å². The molecule has 1 aliphatic heterocycles. The summed E-state index contributed by atoms with van der Waals surface area (Å²) >= 11 is 9.11. The first-order valence-corrected chi connectivity index (χ1v) is 23.9. The standard InChI is InChI=1S/C44H46N2S2.2Pb/c1-6-29(40-20-18-38(45(2)3)27-42(40)47)10-16-33-8-7-9-34(17-15-32-22-23-48-43-28-39(46(4)5)19-21-41(32)43)44(33)37-25-35(30-11-12-30)24-36(26-37)31-13-14-31;;/h6,10,15-22,24-28,30-31,47H,1,7-9,11-14H2,2-5H3;;/b16-10+,29-6-,32-15+,34-17+;;. The molecule has 0 bridgehead atoms. The molecule has 3 aromatic carbocycles. The average molecular weight is 1080 g/mol. The predicted molar refractivity (Wildman–Crippen MR) is 223 cm³/mol. The van der Waals surface area contributed by atoms with Gasteiger partial charge in [0.2, 0.25) is 0 Å². The molecule has 6 radical (unpaired) electrons. The molecule has 0 unspecified atom stereocenters. The number of hydrogen-bond donors (Lipinski definition) is 1. The molecule has 0 N–H and O–H groups in total. The summed E-state index contributed by atoms with van der Waals surface area (Å²) in [5.41, 5.74) is 16.6. The first-order chi connectivity index (χ1) is 24.2. The van der Waals surface area contributed by atoms with Crippen molar-refractivity contribution in [1.29, 1.82) is 0 Å². The van der Waals surface area contributed by atoms with Gasteiger partial charge in [-0.15, -0.1) is 0 Å². The van der Waals surface area contributed by atoms with Crippen LogP contribution in [0.4, 0.5) is 11.4 Å². The molecule has 2 fully saturated rings. The fourth-order valence-corrected chi connectivity index (χ4v) is 11.1. The van der Waals surface area contributed by atoms with Crippen molar-refractivity contribution in [3.8, 4) is 0 Å². The van der Waals surface area contributed by atoms with E-state index in [-0.39, 0.29) is 0 Å². The zero-order valence-electron chi connectivity index (χ0n) is 29.7. The molecule has 50 heavy (non-hydrogen) atoms. The minimum atomic E-state index is 0.743. The SMILES string of the molecule is CN(C)c1ccc(C(=C\[CH2][Pb])/C=C/C2=C(c3cc(C4CC4)cc(C4CC4)c3)C(=C/C=C3\C=[C]([Pb])Sc4cc(N(C)C)ccc43)/CCC2)c(S)c1. The third kappa shape index (κ3) is 8.55. The molecule has 3 aromatic rings. The fourth-order valence-electron chi connectivity index (χ4n) is 7.17. The fraction of sp³-hybridized carbons (Fsp3) is 0.318. The van der Waals surface area contributed by atoms with E-state index in [4.69, 9.17) is 12.6 Å². The van der Waals surface area contributed by atoms with E-state index in [0.717, 1.165) is 85.1 Å². The van der Waals surface area contributed by atoms with Gasteiger partial charge < -0.3 is 0 Å². The van der Waals surface area contributed by atoms with E-state index in [1.165, 1.54) is 95.4 Å². The van der Waals surface area contributed by atoms with Crippen molar-refractivity contribution in [2.75, 3.05) is 38.0 Å². The summed E-state index contributed by atoms with van der Waals surface area (Å²) in [6.07, 6.45) is 23.3. The molecule has 0 amide bonds. The van der Waals surface area contributed by atoms with Crippen LogP contribution >= 0.6 is 24.4 Å². The Hall–Kier alpha value is -1.76. The Morgan fingerprint density at radius 3 is 2.18 bits per heavy atom. The van der Waals surface area contributed by atoms with Gasteiger partial charge in [-0.2, -0.15) is 0 Å². The number of thioether (sulfide) groups is 1. The molecule has 6 heteroatoms. The van der Waals surface area contributed by atoms with E-state index >= 15 is 0 Å². The molecule has 3 aliphatic carbocycles. The Morgan fingerprint density at radius 1 is 0.860 bits per heavy atom. The van der Waals surface area contributed by atoms with Crippen molar-refractivity contribution < 1.29 is 0 Å². The number of hydrogen-bond acceptors (Lipinski definition) is 4. The molecule has 0 atom stereocenters. The van der Waals surface area contributed by atoms with E-state index < -0.39 is 0 Å². The summed E-state index contributed by atoms with van der Waals surface area (Å²) < 4.78 is 2.60. The summed E-state index contributed by atoms with van der Waals surface area (Å²) in [6.45, 7) is 0. The second-order valence-corrected chi connectivity index (χ2v) is 21.1. The third-order valence-electron chi connectivity index (χ3n) is 10.3. The number of fused-ring (bicyclic) bond motifs is 1. The molecular weight excluding hydrogens is 1040 g/mol. The van der Waals surface area contributed by atoms with Crippen LogP contribution in [0.2, 0.25) is 3.98 Å². The van der Waals surface area contributed by atoms with Crippen LogP contribution < -0.4 is 9.80 Å². The molecule has 4 aliphatic rings. The minimum absolute atomic E-state index is 0.743. The van der Waals surface area contributed by atoms with Gasteiger partial charge in [0.1, 0.15) is 0 Å². The summed E-state index contributed by atoms with van der Waals surface area (Å²) in [5, 5.41) is 0. The summed E-state index contributed by atoms with van der Waals surface area (Å²) in [4.78, 5) is 6.76. The van der Waals surface area contributed by atoms with Crippen LogP contribution in [0.15, 0.2) is 114 Å². The van der Waals surface area contributed by atoms with Crippen LogP contribution in [-0.2, 0) is 0 Å².